The lowest BCUT2D eigenvalue weighted by Gasteiger charge is -2.27. The molecule has 0 spiro atoms. The molecule has 98 valence electrons. The number of aryl methyl sites for hydroxylation is 2. The highest BCUT2D eigenvalue weighted by atomic mass is 16.5. The van der Waals surface area contributed by atoms with Gasteiger partial charge in [-0.2, -0.15) is 0 Å². The smallest absolute Gasteiger partial charge is 0.140 e. The van der Waals surface area contributed by atoms with Crippen molar-refractivity contribution in [3.63, 3.8) is 0 Å². The van der Waals surface area contributed by atoms with Crippen LogP contribution in [0.3, 0.4) is 0 Å². The fraction of sp³-hybridized carbons (Fsp3) is 0.562. The number of rotatable bonds is 3. The number of benzene rings is 1. The highest BCUT2D eigenvalue weighted by molar-refractivity contribution is 5.83. The zero-order chi connectivity index (χ0) is 13.1. The maximum Gasteiger partial charge on any atom is 0.140 e. The maximum absolute atomic E-state index is 12.3. The summed E-state index contributed by atoms with van der Waals surface area (Å²) in [6.45, 7) is 7.76. The molecular weight excluding hydrogens is 224 g/mol. The second-order valence-corrected chi connectivity index (χ2v) is 5.51. The van der Waals surface area contributed by atoms with E-state index in [9.17, 15) is 4.79 Å². The molecule has 1 aromatic carbocycles. The van der Waals surface area contributed by atoms with Crippen molar-refractivity contribution >= 4 is 5.78 Å². The van der Waals surface area contributed by atoms with E-state index in [-0.39, 0.29) is 5.92 Å². The molecule has 1 aliphatic rings. The lowest BCUT2D eigenvalue weighted by atomic mass is 9.84. The molecule has 0 radical (unpaired) electrons. The molecule has 2 heteroatoms. The van der Waals surface area contributed by atoms with E-state index in [2.05, 4.69) is 39.0 Å². The molecule has 1 aromatic rings. The summed E-state index contributed by atoms with van der Waals surface area (Å²) in [5.41, 5.74) is 3.69. The Labute approximate surface area is 109 Å². The summed E-state index contributed by atoms with van der Waals surface area (Å²) in [7, 11) is 0. The van der Waals surface area contributed by atoms with E-state index in [0.717, 1.165) is 25.2 Å². The summed E-state index contributed by atoms with van der Waals surface area (Å²) in [6.07, 6.45) is 1.45. The van der Waals surface area contributed by atoms with Gasteiger partial charge in [0.15, 0.2) is 0 Å². The van der Waals surface area contributed by atoms with Crippen LogP contribution in [0.4, 0.5) is 0 Å². The molecule has 18 heavy (non-hydrogen) atoms. The van der Waals surface area contributed by atoms with Crippen LogP contribution in [-0.2, 0) is 16.0 Å². The first-order valence-corrected chi connectivity index (χ1v) is 6.74. The van der Waals surface area contributed by atoms with Crippen LogP contribution < -0.4 is 0 Å². The van der Waals surface area contributed by atoms with E-state index in [4.69, 9.17) is 4.74 Å². The van der Waals surface area contributed by atoms with E-state index in [1.165, 1.54) is 11.1 Å². The van der Waals surface area contributed by atoms with Gasteiger partial charge in [-0.25, -0.2) is 0 Å². The fourth-order valence-corrected chi connectivity index (χ4v) is 2.60. The molecule has 2 atom stereocenters. The number of hydrogen-bond acceptors (Lipinski definition) is 2. The number of carbonyl (C=O) groups excluding carboxylic acids is 1. The third-order valence-corrected chi connectivity index (χ3v) is 4.00. The first kappa shape index (κ1) is 13.3. The molecule has 2 nitrogen and oxygen atoms in total. The van der Waals surface area contributed by atoms with E-state index in [1.807, 2.05) is 0 Å². The first-order valence-electron chi connectivity index (χ1n) is 6.74. The third-order valence-electron chi connectivity index (χ3n) is 4.00. The molecule has 0 amide bonds. The van der Waals surface area contributed by atoms with Gasteiger partial charge >= 0.3 is 0 Å². The minimum absolute atomic E-state index is 0.181. The van der Waals surface area contributed by atoms with Crippen molar-refractivity contribution in [1.29, 1.82) is 0 Å². The third kappa shape index (κ3) is 2.99. The van der Waals surface area contributed by atoms with Gasteiger partial charge in [-0.05, 0) is 42.9 Å². The van der Waals surface area contributed by atoms with Gasteiger partial charge in [0, 0.05) is 25.6 Å². The Bertz CT molecular complexity index is 437. The highest BCUT2D eigenvalue weighted by Crippen LogP contribution is 2.24. The zero-order valence-corrected chi connectivity index (χ0v) is 11.5. The van der Waals surface area contributed by atoms with Gasteiger partial charge in [0.25, 0.3) is 0 Å². The van der Waals surface area contributed by atoms with Crippen LogP contribution in [0.15, 0.2) is 18.2 Å². The van der Waals surface area contributed by atoms with Crippen molar-refractivity contribution in [3.05, 3.63) is 34.9 Å². The number of Topliss-reactive ketones (excluding diaryl/α,β-unsaturated/α-hetero) is 1. The lowest BCUT2D eigenvalue weighted by molar-refractivity contribution is -0.127. The average molecular weight is 246 g/mol. The summed E-state index contributed by atoms with van der Waals surface area (Å²) >= 11 is 0. The quantitative estimate of drug-likeness (QED) is 0.819. The summed E-state index contributed by atoms with van der Waals surface area (Å²) in [5.74, 6) is 0.909. The van der Waals surface area contributed by atoms with Gasteiger partial charge in [-0.1, -0.05) is 25.1 Å². The van der Waals surface area contributed by atoms with Crippen LogP contribution in [0.2, 0.25) is 0 Å². The molecule has 1 aliphatic heterocycles. The van der Waals surface area contributed by atoms with Crippen LogP contribution in [0, 0.1) is 25.7 Å². The van der Waals surface area contributed by atoms with Gasteiger partial charge in [-0.15, -0.1) is 0 Å². The highest BCUT2D eigenvalue weighted by Gasteiger charge is 2.27. The van der Waals surface area contributed by atoms with Crippen LogP contribution >= 0.6 is 0 Å². The second-order valence-electron chi connectivity index (χ2n) is 5.51. The maximum atomic E-state index is 12.3. The SMILES string of the molecule is Cc1ccc(CC(=O)C2CCOCC2C)cc1C. The van der Waals surface area contributed by atoms with Gasteiger partial charge in [0.05, 0.1) is 0 Å². The fourth-order valence-electron chi connectivity index (χ4n) is 2.60. The van der Waals surface area contributed by atoms with Gasteiger partial charge in [0.1, 0.15) is 5.78 Å². The van der Waals surface area contributed by atoms with Crippen molar-refractivity contribution in [3.8, 4) is 0 Å². The summed E-state index contributed by atoms with van der Waals surface area (Å²) < 4.78 is 5.39. The van der Waals surface area contributed by atoms with Crippen molar-refractivity contribution in [2.24, 2.45) is 11.8 Å². The second kappa shape index (κ2) is 5.66. The van der Waals surface area contributed by atoms with E-state index >= 15 is 0 Å². The molecule has 2 unspecified atom stereocenters. The number of ether oxygens (including phenoxy) is 1. The summed E-state index contributed by atoms with van der Waals surface area (Å²) in [5, 5.41) is 0. The molecular formula is C16H22O2. The van der Waals surface area contributed by atoms with Gasteiger partial charge < -0.3 is 4.74 Å². The Balaban J connectivity index is 2.04. The van der Waals surface area contributed by atoms with Crippen LogP contribution in [0.5, 0.6) is 0 Å². The monoisotopic (exact) mass is 246 g/mol. The van der Waals surface area contributed by atoms with Crippen molar-refractivity contribution in [2.45, 2.75) is 33.6 Å². The zero-order valence-electron chi connectivity index (χ0n) is 11.5. The molecule has 0 saturated carbocycles. The minimum Gasteiger partial charge on any atom is -0.381 e. The Morgan fingerprint density at radius 2 is 2.11 bits per heavy atom. The predicted octanol–water partition coefficient (Wildman–Crippen LogP) is 3.09. The Hall–Kier alpha value is -1.15. The topological polar surface area (TPSA) is 26.3 Å². The normalized spacial score (nSPS) is 23.9. The minimum atomic E-state index is 0.181. The average Bonchev–Trinajstić information content (AvgIpc) is 2.34. The van der Waals surface area contributed by atoms with Crippen LogP contribution in [-0.4, -0.2) is 19.0 Å². The molecule has 0 aromatic heterocycles. The largest absolute Gasteiger partial charge is 0.381 e. The molecule has 1 heterocycles. The van der Waals surface area contributed by atoms with E-state index in [1.54, 1.807) is 0 Å². The predicted molar refractivity (Wildman–Crippen MR) is 72.7 cm³/mol. The molecule has 0 aliphatic carbocycles. The summed E-state index contributed by atoms with van der Waals surface area (Å²) in [4.78, 5) is 12.3. The van der Waals surface area contributed by atoms with Gasteiger partial charge in [-0.3, -0.25) is 4.79 Å². The number of hydrogen-bond donors (Lipinski definition) is 0. The van der Waals surface area contributed by atoms with Crippen molar-refractivity contribution < 1.29 is 9.53 Å². The van der Waals surface area contributed by atoms with Crippen molar-refractivity contribution in [1.82, 2.24) is 0 Å². The number of carbonyl (C=O) groups is 1. The van der Waals surface area contributed by atoms with E-state index in [0.29, 0.717) is 18.1 Å². The summed E-state index contributed by atoms with van der Waals surface area (Å²) in [6, 6.07) is 6.31. The standard InChI is InChI=1S/C16H22O2/c1-11-4-5-14(8-12(11)2)9-16(17)15-6-7-18-10-13(15)3/h4-5,8,13,15H,6-7,9-10H2,1-3H3. The molecule has 0 N–H and O–H groups in total. The molecule has 1 fully saturated rings. The van der Waals surface area contributed by atoms with Crippen LogP contribution in [0.25, 0.3) is 0 Å². The van der Waals surface area contributed by atoms with Gasteiger partial charge in [0.2, 0.25) is 0 Å². The lowest BCUT2D eigenvalue weighted by Crippen LogP contribution is -2.32. The van der Waals surface area contributed by atoms with Crippen molar-refractivity contribution in [2.75, 3.05) is 13.2 Å². The van der Waals surface area contributed by atoms with Crippen LogP contribution in [0.1, 0.15) is 30.0 Å². The molecule has 1 saturated heterocycles. The van der Waals surface area contributed by atoms with E-state index < -0.39 is 0 Å². The Morgan fingerprint density at radius 3 is 2.78 bits per heavy atom. The first-order chi connectivity index (χ1) is 8.58. The number of ketones is 1. The molecule has 2 rings (SSSR count). The molecule has 0 bridgehead atoms. The Kier molecular flexibility index (Phi) is 4.18. The Morgan fingerprint density at radius 1 is 1.33 bits per heavy atom.